The minimum atomic E-state index is -0.621. The van der Waals surface area contributed by atoms with Crippen LogP contribution in [0.2, 0.25) is 0 Å². The minimum absolute atomic E-state index is 0.0388. The van der Waals surface area contributed by atoms with Crippen LogP contribution in [0.3, 0.4) is 0 Å². The predicted octanol–water partition coefficient (Wildman–Crippen LogP) is 4.71. The summed E-state index contributed by atoms with van der Waals surface area (Å²) in [6.45, 7) is 10.1. The molecule has 0 heterocycles. The Kier molecular flexibility index (Phi) is 4.99. The maximum Gasteiger partial charge on any atom is 0.233 e. The maximum atomic E-state index is 13.1. The third-order valence-corrected chi connectivity index (χ3v) is 9.60. The van der Waals surface area contributed by atoms with Gasteiger partial charge < -0.3 is 10.3 Å². The van der Waals surface area contributed by atoms with E-state index < -0.39 is 5.92 Å². The van der Waals surface area contributed by atoms with Crippen LogP contribution < -0.4 is 0 Å². The normalized spacial score (nSPS) is 45.2. The highest BCUT2D eigenvalue weighted by Crippen LogP contribution is 2.66. The standard InChI is InChI=1S/C24H38N2O2/c1-5-26(6-2)22(28)16-14-24(4)18-11-13-23(3)12-7-8-17(23)15(18)9-10-19(24)20(25)21(16)27/h15-19,25H,5-14H2,1-4H3/t15-,16?,17-,18+,19?,23-,24+/m0/s1. The lowest BCUT2D eigenvalue weighted by atomic mass is 9.44. The lowest BCUT2D eigenvalue weighted by Gasteiger charge is -2.60. The summed E-state index contributed by atoms with van der Waals surface area (Å²) in [5, 5.41) is 8.69. The van der Waals surface area contributed by atoms with Gasteiger partial charge in [-0.3, -0.25) is 9.59 Å². The first-order valence-electron chi connectivity index (χ1n) is 11.7. The minimum Gasteiger partial charge on any atom is -0.343 e. The molecule has 0 aromatic heterocycles. The Morgan fingerprint density at radius 2 is 1.79 bits per heavy atom. The quantitative estimate of drug-likeness (QED) is 0.714. The molecule has 4 rings (SSSR count). The van der Waals surface area contributed by atoms with Crippen LogP contribution in [0.15, 0.2) is 0 Å². The number of ketones is 1. The van der Waals surface area contributed by atoms with Crippen molar-refractivity contribution in [2.45, 2.75) is 79.1 Å². The summed E-state index contributed by atoms with van der Waals surface area (Å²) in [5.41, 5.74) is 0.710. The predicted molar refractivity (Wildman–Crippen MR) is 111 cm³/mol. The Labute approximate surface area is 170 Å². The first kappa shape index (κ1) is 20.1. The van der Waals surface area contributed by atoms with Crippen LogP contribution in [-0.2, 0) is 9.59 Å². The van der Waals surface area contributed by atoms with E-state index in [1.165, 1.54) is 38.5 Å². The summed E-state index contributed by atoms with van der Waals surface area (Å²) in [6, 6.07) is 0. The van der Waals surface area contributed by atoms with Crippen LogP contribution in [0.1, 0.15) is 79.1 Å². The summed E-state index contributed by atoms with van der Waals surface area (Å²) in [6.07, 6.45) is 9.42. The molecular weight excluding hydrogens is 348 g/mol. The molecule has 0 aliphatic heterocycles. The molecule has 0 aromatic rings. The Morgan fingerprint density at radius 1 is 1.07 bits per heavy atom. The fraction of sp³-hybridized carbons (Fsp3) is 0.875. The lowest BCUT2D eigenvalue weighted by molar-refractivity contribution is -0.147. The van der Waals surface area contributed by atoms with Crippen molar-refractivity contribution in [3.05, 3.63) is 0 Å². The van der Waals surface area contributed by atoms with Crippen LogP contribution in [0.25, 0.3) is 0 Å². The molecule has 4 aliphatic carbocycles. The van der Waals surface area contributed by atoms with E-state index in [0.717, 1.165) is 18.3 Å². The number of hydrogen-bond donors (Lipinski definition) is 1. The van der Waals surface area contributed by atoms with Gasteiger partial charge in [-0.15, -0.1) is 0 Å². The molecule has 4 fully saturated rings. The second-order valence-corrected chi connectivity index (χ2v) is 10.6. The van der Waals surface area contributed by atoms with Gasteiger partial charge in [-0.05, 0) is 87.4 Å². The fourth-order valence-electron chi connectivity index (χ4n) is 8.06. The van der Waals surface area contributed by atoms with Gasteiger partial charge in [0, 0.05) is 19.0 Å². The van der Waals surface area contributed by atoms with E-state index in [1.54, 1.807) is 4.90 Å². The molecule has 4 heteroatoms. The molecule has 156 valence electrons. The van der Waals surface area contributed by atoms with Gasteiger partial charge in [-0.25, -0.2) is 0 Å². The number of hydrogen-bond acceptors (Lipinski definition) is 3. The first-order chi connectivity index (χ1) is 13.3. The van der Waals surface area contributed by atoms with Crippen molar-refractivity contribution in [1.29, 1.82) is 5.41 Å². The molecule has 0 saturated heterocycles. The summed E-state index contributed by atoms with van der Waals surface area (Å²) in [5.74, 6) is 1.34. The highest BCUT2D eigenvalue weighted by Gasteiger charge is 2.61. The second-order valence-electron chi connectivity index (χ2n) is 10.6. The molecule has 0 aromatic carbocycles. The van der Waals surface area contributed by atoms with Crippen LogP contribution >= 0.6 is 0 Å². The average molecular weight is 387 g/mol. The molecule has 28 heavy (non-hydrogen) atoms. The van der Waals surface area contributed by atoms with Crippen LogP contribution in [0.5, 0.6) is 0 Å². The zero-order chi connectivity index (χ0) is 20.3. The van der Waals surface area contributed by atoms with Gasteiger partial charge in [-0.2, -0.15) is 0 Å². The molecule has 0 bridgehead atoms. The molecule has 0 spiro atoms. The van der Waals surface area contributed by atoms with E-state index in [2.05, 4.69) is 13.8 Å². The van der Waals surface area contributed by atoms with Crippen LogP contribution in [0, 0.1) is 45.8 Å². The molecular formula is C24H38N2O2. The summed E-state index contributed by atoms with van der Waals surface area (Å²) >= 11 is 0. The smallest absolute Gasteiger partial charge is 0.233 e. The highest BCUT2D eigenvalue weighted by molar-refractivity contribution is 6.44. The van der Waals surface area contributed by atoms with E-state index in [-0.39, 0.29) is 28.7 Å². The van der Waals surface area contributed by atoms with Gasteiger partial charge in [0.2, 0.25) is 5.91 Å². The highest BCUT2D eigenvalue weighted by atomic mass is 16.2. The number of fused-ring (bicyclic) bond motifs is 5. The van der Waals surface area contributed by atoms with Crippen LogP contribution in [0.4, 0.5) is 0 Å². The zero-order valence-corrected chi connectivity index (χ0v) is 18.2. The molecule has 4 nitrogen and oxygen atoms in total. The molecule has 1 amide bonds. The number of Topliss-reactive ketones (excluding diaryl/α,β-unsaturated/α-hetero) is 1. The number of amides is 1. The third-order valence-electron chi connectivity index (χ3n) is 9.60. The van der Waals surface area contributed by atoms with E-state index in [4.69, 9.17) is 5.41 Å². The topological polar surface area (TPSA) is 61.2 Å². The van der Waals surface area contributed by atoms with Crippen molar-refractivity contribution >= 4 is 17.4 Å². The summed E-state index contributed by atoms with van der Waals surface area (Å²) in [7, 11) is 0. The van der Waals surface area contributed by atoms with Crippen molar-refractivity contribution in [3.63, 3.8) is 0 Å². The average Bonchev–Trinajstić information content (AvgIpc) is 3.07. The van der Waals surface area contributed by atoms with Gasteiger partial charge >= 0.3 is 0 Å². The molecule has 2 unspecified atom stereocenters. The molecule has 7 atom stereocenters. The Balaban J connectivity index is 1.65. The monoisotopic (exact) mass is 386 g/mol. The largest absolute Gasteiger partial charge is 0.343 e. The number of nitrogens with one attached hydrogen (secondary N) is 1. The lowest BCUT2D eigenvalue weighted by Crippen LogP contribution is -2.59. The number of carbonyl (C=O) groups excluding carboxylic acids is 2. The number of rotatable bonds is 3. The van der Waals surface area contributed by atoms with Gasteiger partial charge in [0.1, 0.15) is 5.92 Å². The Bertz CT molecular complexity index is 684. The van der Waals surface area contributed by atoms with Gasteiger partial charge in [0.05, 0.1) is 5.71 Å². The second kappa shape index (κ2) is 6.95. The van der Waals surface area contributed by atoms with Crippen molar-refractivity contribution in [2.24, 2.45) is 40.4 Å². The van der Waals surface area contributed by atoms with Crippen molar-refractivity contribution in [1.82, 2.24) is 4.90 Å². The molecule has 4 saturated carbocycles. The van der Waals surface area contributed by atoms with Crippen molar-refractivity contribution < 1.29 is 9.59 Å². The van der Waals surface area contributed by atoms with Gasteiger partial charge in [0.15, 0.2) is 5.78 Å². The van der Waals surface area contributed by atoms with Crippen molar-refractivity contribution in [2.75, 3.05) is 13.1 Å². The summed E-state index contributed by atoms with van der Waals surface area (Å²) < 4.78 is 0. The molecule has 4 aliphatic rings. The van der Waals surface area contributed by atoms with Crippen LogP contribution in [-0.4, -0.2) is 35.4 Å². The maximum absolute atomic E-state index is 13.1. The molecule has 1 N–H and O–H groups in total. The zero-order valence-electron chi connectivity index (χ0n) is 18.2. The Morgan fingerprint density at radius 3 is 2.46 bits per heavy atom. The van der Waals surface area contributed by atoms with E-state index in [0.29, 0.717) is 30.8 Å². The van der Waals surface area contributed by atoms with Gasteiger partial charge in [-0.1, -0.05) is 20.3 Å². The SMILES string of the molecule is CCN(CC)C(=O)C1C[C@@]2(C)C(CC[C@@H]3[C@H]2CC[C@]2(C)CCC[C@@H]32)C(=N)C1=O. The van der Waals surface area contributed by atoms with Crippen molar-refractivity contribution in [3.8, 4) is 0 Å². The third kappa shape index (κ3) is 2.73. The number of carbonyl (C=O) groups is 2. The van der Waals surface area contributed by atoms with Gasteiger partial charge in [0.25, 0.3) is 0 Å². The van der Waals surface area contributed by atoms with E-state index in [9.17, 15) is 9.59 Å². The first-order valence-corrected chi connectivity index (χ1v) is 11.7. The van der Waals surface area contributed by atoms with E-state index in [1.807, 2.05) is 13.8 Å². The fourth-order valence-corrected chi connectivity index (χ4v) is 8.06. The number of nitrogens with zero attached hydrogens (tertiary/aromatic N) is 1. The Hall–Kier alpha value is -1.19. The van der Waals surface area contributed by atoms with E-state index >= 15 is 0 Å². The summed E-state index contributed by atoms with van der Waals surface area (Å²) in [4.78, 5) is 27.9. The molecule has 0 radical (unpaired) electrons.